The zero-order valence-corrected chi connectivity index (χ0v) is 12.6. The second kappa shape index (κ2) is 9.39. The Hall–Kier alpha value is -2.56. The molecule has 8 heteroatoms. The van der Waals surface area contributed by atoms with E-state index in [0.29, 0.717) is 25.9 Å². The third kappa shape index (κ3) is 5.83. The number of nitriles is 1. The highest BCUT2D eigenvalue weighted by Gasteiger charge is 2.19. The average molecular weight is 308 g/mol. The molecule has 0 saturated carbocycles. The number of amides is 2. The smallest absolute Gasteiger partial charge is 0.325 e. The van der Waals surface area contributed by atoms with Gasteiger partial charge >= 0.3 is 5.97 Å². The van der Waals surface area contributed by atoms with E-state index in [0.717, 1.165) is 13.0 Å². The summed E-state index contributed by atoms with van der Waals surface area (Å²) in [4.78, 5) is 35.8. The minimum Gasteiger partial charge on any atom is -0.468 e. The summed E-state index contributed by atoms with van der Waals surface area (Å²) in [6, 6.07) is 1.75. The molecular weight excluding hydrogens is 288 g/mol. The van der Waals surface area contributed by atoms with Gasteiger partial charge in [0.2, 0.25) is 5.91 Å². The van der Waals surface area contributed by atoms with Gasteiger partial charge in [-0.2, -0.15) is 5.26 Å². The van der Waals surface area contributed by atoms with Gasteiger partial charge in [-0.3, -0.25) is 14.4 Å². The van der Waals surface area contributed by atoms with Crippen molar-refractivity contribution >= 4 is 17.8 Å². The van der Waals surface area contributed by atoms with Crippen LogP contribution in [0.3, 0.4) is 0 Å². The van der Waals surface area contributed by atoms with Crippen LogP contribution in [0.1, 0.15) is 19.3 Å². The van der Waals surface area contributed by atoms with Gasteiger partial charge in [0.25, 0.3) is 5.91 Å². The average Bonchev–Trinajstić information content (AvgIpc) is 2.92. The summed E-state index contributed by atoms with van der Waals surface area (Å²) in [5, 5.41) is 14.0. The molecule has 2 amide bonds. The van der Waals surface area contributed by atoms with Gasteiger partial charge in [0.1, 0.15) is 18.2 Å². The van der Waals surface area contributed by atoms with Crippen molar-refractivity contribution in [3.63, 3.8) is 0 Å². The predicted molar refractivity (Wildman–Crippen MR) is 77.2 cm³/mol. The van der Waals surface area contributed by atoms with Crippen LogP contribution in [0.2, 0.25) is 0 Å². The van der Waals surface area contributed by atoms with Crippen LogP contribution in [0, 0.1) is 11.3 Å². The third-order valence-corrected chi connectivity index (χ3v) is 3.15. The number of likely N-dealkylation sites (tertiary alicyclic amines) is 1. The zero-order valence-electron chi connectivity index (χ0n) is 12.6. The van der Waals surface area contributed by atoms with Crippen LogP contribution in [0.5, 0.6) is 0 Å². The first-order chi connectivity index (χ1) is 10.6. The molecule has 2 N–H and O–H groups in total. The van der Waals surface area contributed by atoms with Gasteiger partial charge in [0.05, 0.1) is 7.11 Å². The number of nitrogens with zero attached hydrogens (tertiary/aromatic N) is 2. The fourth-order valence-electron chi connectivity index (χ4n) is 1.96. The van der Waals surface area contributed by atoms with Crippen molar-refractivity contribution in [2.75, 3.05) is 33.3 Å². The van der Waals surface area contributed by atoms with E-state index < -0.39 is 11.9 Å². The lowest BCUT2D eigenvalue weighted by Crippen LogP contribution is -2.31. The summed E-state index contributed by atoms with van der Waals surface area (Å²) in [6.07, 6.45) is 3.29. The van der Waals surface area contributed by atoms with Crippen LogP contribution in [0.15, 0.2) is 11.8 Å². The fourth-order valence-corrected chi connectivity index (χ4v) is 1.96. The maximum absolute atomic E-state index is 11.7. The van der Waals surface area contributed by atoms with E-state index in [2.05, 4.69) is 15.4 Å². The van der Waals surface area contributed by atoms with Crippen molar-refractivity contribution in [2.45, 2.75) is 19.3 Å². The second-order valence-electron chi connectivity index (χ2n) is 4.72. The first-order valence-corrected chi connectivity index (χ1v) is 7.05. The molecule has 0 radical (unpaired) electrons. The molecule has 0 aliphatic carbocycles. The number of hydrogen-bond donors (Lipinski definition) is 2. The number of carbonyl (C=O) groups excluding carboxylic acids is 3. The van der Waals surface area contributed by atoms with Crippen molar-refractivity contribution in [2.24, 2.45) is 0 Å². The Morgan fingerprint density at radius 3 is 2.86 bits per heavy atom. The molecule has 0 spiro atoms. The summed E-state index contributed by atoms with van der Waals surface area (Å²) < 4.78 is 4.42. The summed E-state index contributed by atoms with van der Waals surface area (Å²) >= 11 is 0. The number of methoxy groups -OCH3 is 1. The molecule has 1 aliphatic rings. The van der Waals surface area contributed by atoms with Gasteiger partial charge in [-0.05, 0) is 12.8 Å². The summed E-state index contributed by atoms with van der Waals surface area (Å²) in [5.41, 5.74) is -0.124. The Morgan fingerprint density at radius 1 is 1.50 bits per heavy atom. The minimum absolute atomic E-state index is 0.119. The number of carbonyl (C=O) groups is 3. The first kappa shape index (κ1) is 17.5. The quantitative estimate of drug-likeness (QED) is 0.265. The molecule has 0 aromatic heterocycles. The highest BCUT2D eigenvalue weighted by Crippen LogP contribution is 2.09. The van der Waals surface area contributed by atoms with Gasteiger partial charge in [0.15, 0.2) is 0 Å². The second-order valence-corrected chi connectivity index (χ2v) is 4.72. The number of rotatable bonds is 8. The number of nitrogens with one attached hydrogen (secondary N) is 2. The first-order valence-electron chi connectivity index (χ1n) is 7.05. The van der Waals surface area contributed by atoms with E-state index in [1.165, 1.54) is 13.3 Å². The molecule has 1 saturated heterocycles. The highest BCUT2D eigenvalue weighted by molar-refractivity contribution is 5.97. The topological polar surface area (TPSA) is 112 Å². The van der Waals surface area contributed by atoms with Crippen LogP contribution in [-0.4, -0.2) is 56.0 Å². The molecule has 0 bridgehead atoms. The third-order valence-electron chi connectivity index (χ3n) is 3.15. The number of hydrogen-bond acceptors (Lipinski definition) is 6. The van der Waals surface area contributed by atoms with Crippen molar-refractivity contribution in [1.29, 1.82) is 5.26 Å². The molecule has 1 rings (SSSR count). The van der Waals surface area contributed by atoms with Crippen LogP contribution < -0.4 is 10.6 Å². The van der Waals surface area contributed by atoms with Crippen LogP contribution >= 0.6 is 0 Å². The van der Waals surface area contributed by atoms with Crippen LogP contribution in [-0.2, 0) is 19.1 Å². The molecule has 1 fully saturated rings. The Bertz CT molecular complexity index is 496. The molecule has 1 heterocycles. The van der Waals surface area contributed by atoms with E-state index in [9.17, 15) is 14.4 Å². The number of ether oxygens (including phenoxy) is 1. The van der Waals surface area contributed by atoms with E-state index in [1.807, 2.05) is 0 Å². The molecule has 0 aromatic rings. The molecule has 0 atom stereocenters. The lowest BCUT2D eigenvalue weighted by atomic mass is 10.3. The SMILES string of the molecule is COC(=O)CN/C=C(/C#N)C(=O)NCCCN1CCCC1=O. The molecule has 0 aromatic carbocycles. The minimum atomic E-state index is -0.521. The standard InChI is InChI=1S/C14H20N4O4/c1-22-13(20)10-16-9-11(8-15)14(21)17-5-3-7-18-6-2-4-12(18)19/h9,16H,2-7,10H2,1H3,(H,17,21)/b11-9-. The Balaban J connectivity index is 2.26. The van der Waals surface area contributed by atoms with Crippen molar-refractivity contribution in [3.05, 3.63) is 11.8 Å². The van der Waals surface area contributed by atoms with Crippen molar-refractivity contribution in [1.82, 2.24) is 15.5 Å². The van der Waals surface area contributed by atoms with Gasteiger partial charge in [-0.25, -0.2) is 0 Å². The van der Waals surface area contributed by atoms with E-state index in [1.54, 1.807) is 11.0 Å². The Morgan fingerprint density at radius 2 is 2.27 bits per heavy atom. The lowest BCUT2D eigenvalue weighted by Gasteiger charge is -2.15. The largest absolute Gasteiger partial charge is 0.468 e. The number of esters is 1. The summed E-state index contributed by atoms with van der Waals surface area (Å²) in [5.74, 6) is -0.868. The molecule has 8 nitrogen and oxygen atoms in total. The van der Waals surface area contributed by atoms with Crippen molar-refractivity contribution in [3.8, 4) is 6.07 Å². The van der Waals surface area contributed by atoms with E-state index in [-0.39, 0.29) is 18.0 Å². The molecular formula is C14H20N4O4. The maximum atomic E-state index is 11.7. The molecule has 22 heavy (non-hydrogen) atoms. The fraction of sp³-hybridized carbons (Fsp3) is 0.571. The lowest BCUT2D eigenvalue weighted by molar-refractivity contribution is -0.139. The van der Waals surface area contributed by atoms with Crippen LogP contribution in [0.25, 0.3) is 0 Å². The van der Waals surface area contributed by atoms with Gasteiger partial charge in [-0.1, -0.05) is 0 Å². The summed E-state index contributed by atoms with van der Waals surface area (Å²) in [6.45, 7) is 1.63. The Kier molecular flexibility index (Phi) is 7.47. The predicted octanol–water partition coefficient (Wildman–Crippen LogP) is -0.715. The van der Waals surface area contributed by atoms with Crippen molar-refractivity contribution < 1.29 is 19.1 Å². The van der Waals surface area contributed by atoms with Crippen LogP contribution in [0.4, 0.5) is 0 Å². The molecule has 120 valence electrons. The van der Waals surface area contributed by atoms with E-state index >= 15 is 0 Å². The normalized spacial score (nSPS) is 14.5. The zero-order chi connectivity index (χ0) is 16.4. The monoisotopic (exact) mass is 308 g/mol. The maximum Gasteiger partial charge on any atom is 0.325 e. The molecule has 0 unspecified atom stereocenters. The van der Waals surface area contributed by atoms with Gasteiger partial charge < -0.3 is 20.3 Å². The molecule has 1 aliphatic heterocycles. The highest BCUT2D eigenvalue weighted by atomic mass is 16.5. The van der Waals surface area contributed by atoms with E-state index in [4.69, 9.17) is 5.26 Å². The van der Waals surface area contributed by atoms with Gasteiger partial charge in [-0.15, -0.1) is 0 Å². The summed E-state index contributed by atoms with van der Waals surface area (Å²) in [7, 11) is 1.25. The Labute approximate surface area is 129 Å². The van der Waals surface area contributed by atoms with Gasteiger partial charge in [0, 0.05) is 32.3 Å².